The molecular formula is C11H26N2O. The molecule has 3 heteroatoms. The average Bonchev–Trinajstić information content (AvgIpc) is 2.09. The molecular weight excluding hydrogens is 176 g/mol. The van der Waals surface area contributed by atoms with E-state index in [4.69, 9.17) is 0 Å². The lowest BCUT2D eigenvalue weighted by atomic mass is 10.1. The first-order valence-corrected chi connectivity index (χ1v) is 5.57. The van der Waals surface area contributed by atoms with Crippen molar-refractivity contribution in [1.82, 2.24) is 10.2 Å². The Balaban J connectivity index is 3.69. The summed E-state index contributed by atoms with van der Waals surface area (Å²) in [6.45, 7) is 14.0. The van der Waals surface area contributed by atoms with E-state index in [-0.39, 0.29) is 0 Å². The van der Waals surface area contributed by atoms with E-state index in [1.807, 2.05) is 13.8 Å². The zero-order chi connectivity index (χ0) is 11.2. The Morgan fingerprint density at radius 2 is 1.79 bits per heavy atom. The Bertz CT molecular complexity index is 139. The van der Waals surface area contributed by atoms with Crippen molar-refractivity contribution in [3.8, 4) is 0 Å². The van der Waals surface area contributed by atoms with Gasteiger partial charge in [-0.1, -0.05) is 13.8 Å². The molecule has 2 N–H and O–H groups in total. The van der Waals surface area contributed by atoms with Gasteiger partial charge in [0.25, 0.3) is 0 Å². The second-order valence-corrected chi connectivity index (χ2v) is 4.58. The summed E-state index contributed by atoms with van der Waals surface area (Å²) in [6.07, 6.45) is 0. The van der Waals surface area contributed by atoms with Crippen LogP contribution in [0.2, 0.25) is 0 Å². The average molecular weight is 202 g/mol. The maximum atomic E-state index is 9.54. The molecule has 0 fully saturated rings. The van der Waals surface area contributed by atoms with Gasteiger partial charge in [0.05, 0.1) is 5.60 Å². The standard InChI is InChI=1S/C11H26N2O/c1-6-13(7-2)8-10(3)12-9-11(4,5)14/h10,12,14H,6-9H2,1-5H3. The van der Waals surface area contributed by atoms with Gasteiger partial charge in [0.1, 0.15) is 0 Å². The van der Waals surface area contributed by atoms with E-state index >= 15 is 0 Å². The molecule has 0 rings (SSSR count). The SMILES string of the molecule is CCN(CC)CC(C)NCC(C)(C)O. The molecule has 0 bridgehead atoms. The minimum atomic E-state index is -0.614. The van der Waals surface area contributed by atoms with E-state index < -0.39 is 5.60 Å². The number of nitrogens with one attached hydrogen (secondary N) is 1. The molecule has 0 aromatic rings. The first kappa shape index (κ1) is 13.9. The molecule has 0 saturated heterocycles. The second kappa shape index (κ2) is 6.38. The fraction of sp³-hybridized carbons (Fsp3) is 1.00. The molecule has 0 saturated carbocycles. The number of rotatable bonds is 7. The topological polar surface area (TPSA) is 35.5 Å². The van der Waals surface area contributed by atoms with E-state index in [0.717, 1.165) is 19.6 Å². The van der Waals surface area contributed by atoms with Crippen LogP contribution in [0, 0.1) is 0 Å². The molecule has 0 amide bonds. The van der Waals surface area contributed by atoms with Crippen molar-refractivity contribution in [2.75, 3.05) is 26.2 Å². The monoisotopic (exact) mass is 202 g/mol. The first-order valence-electron chi connectivity index (χ1n) is 5.57. The summed E-state index contributed by atoms with van der Waals surface area (Å²) in [6, 6.07) is 0.432. The van der Waals surface area contributed by atoms with Crippen molar-refractivity contribution in [2.24, 2.45) is 0 Å². The van der Waals surface area contributed by atoms with Crippen LogP contribution in [0.3, 0.4) is 0 Å². The van der Waals surface area contributed by atoms with Gasteiger partial charge in [0.15, 0.2) is 0 Å². The molecule has 0 heterocycles. The summed E-state index contributed by atoms with van der Waals surface area (Å²) in [4.78, 5) is 2.38. The predicted octanol–water partition coefficient (Wildman–Crippen LogP) is 1.08. The van der Waals surface area contributed by atoms with Crippen LogP contribution in [0.5, 0.6) is 0 Å². The minimum absolute atomic E-state index is 0.432. The molecule has 14 heavy (non-hydrogen) atoms. The van der Waals surface area contributed by atoms with Crippen LogP contribution >= 0.6 is 0 Å². The highest BCUT2D eigenvalue weighted by molar-refractivity contribution is 4.73. The minimum Gasteiger partial charge on any atom is -0.389 e. The maximum absolute atomic E-state index is 9.54. The molecule has 0 aliphatic carbocycles. The third-order valence-corrected chi connectivity index (χ3v) is 2.31. The lowest BCUT2D eigenvalue weighted by Gasteiger charge is -2.26. The van der Waals surface area contributed by atoms with E-state index in [1.54, 1.807) is 0 Å². The molecule has 0 aliphatic heterocycles. The predicted molar refractivity (Wildman–Crippen MR) is 61.6 cm³/mol. The van der Waals surface area contributed by atoms with Crippen molar-refractivity contribution < 1.29 is 5.11 Å². The summed E-state index contributed by atoms with van der Waals surface area (Å²) in [7, 11) is 0. The van der Waals surface area contributed by atoms with Crippen LogP contribution in [-0.2, 0) is 0 Å². The van der Waals surface area contributed by atoms with Crippen LogP contribution in [0.1, 0.15) is 34.6 Å². The number of aliphatic hydroxyl groups is 1. The van der Waals surface area contributed by atoms with Crippen molar-refractivity contribution >= 4 is 0 Å². The van der Waals surface area contributed by atoms with Crippen LogP contribution in [-0.4, -0.2) is 47.8 Å². The quantitative estimate of drug-likeness (QED) is 0.648. The highest BCUT2D eigenvalue weighted by Gasteiger charge is 2.14. The number of likely N-dealkylation sites (N-methyl/N-ethyl adjacent to an activating group) is 1. The van der Waals surface area contributed by atoms with E-state index in [0.29, 0.717) is 12.6 Å². The van der Waals surface area contributed by atoms with Gasteiger partial charge in [-0.3, -0.25) is 0 Å². The molecule has 86 valence electrons. The lowest BCUT2D eigenvalue weighted by molar-refractivity contribution is 0.0752. The molecule has 3 nitrogen and oxygen atoms in total. The van der Waals surface area contributed by atoms with Crippen LogP contribution in [0.15, 0.2) is 0 Å². The van der Waals surface area contributed by atoms with Gasteiger partial charge in [0, 0.05) is 19.1 Å². The maximum Gasteiger partial charge on any atom is 0.0715 e. The zero-order valence-corrected chi connectivity index (χ0v) is 10.3. The van der Waals surface area contributed by atoms with Crippen LogP contribution in [0.25, 0.3) is 0 Å². The van der Waals surface area contributed by atoms with Gasteiger partial charge in [-0.15, -0.1) is 0 Å². The van der Waals surface area contributed by atoms with E-state index in [1.165, 1.54) is 0 Å². The van der Waals surface area contributed by atoms with Gasteiger partial charge < -0.3 is 15.3 Å². The fourth-order valence-corrected chi connectivity index (χ4v) is 1.36. The molecule has 1 unspecified atom stereocenters. The zero-order valence-electron chi connectivity index (χ0n) is 10.3. The van der Waals surface area contributed by atoms with Crippen molar-refractivity contribution in [1.29, 1.82) is 0 Å². The number of hydrogen-bond acceptors (Lipinski definition) is 3. The lowest BCUT2D eigenvalue weighted by Crippen LogP contribution is -2.44. The first-order chi connectivity index (χ1) is 6.39. The van der Waals surface area contributed by atoms with E-state index in [9.17, 15) is 5.11 Å². The Morgan fingerprint density at radius 3 is 2.14 bits per heavy atom. The Morgan fingerprint density at radius 1 is 1.29 bits per heavy atom. The van der Waals surface area contributed by atoms with Crippen LogP contribution < -0.4 is 5.32 Å². The highest BCUT2D eigenvalue weighted by Crippen LogP contribution is 1.99. The van der Waals surface area contributed by atoms with Crippen molar-refractivity contribution in [3.63, 3.8) is 0 Å². The summed E-state index contributed by atoms with van der Waals surface area (Å²) in [5, 5.41) is 12.9. The summed E-state index contributed by atoms with van der Waals surface area (Å²) < 4.78 is 0. The van der Waals surface area contributed by atoms with Crippen molar-refractivity contribution in [3.05, 3.63) is 0 Å². The van der Waals surface area contributed by atoms with E-state index in [2.05, 4.69) is 31.0 Å². The Kier molecular flexibility index (Phi) is 6.33. The molecule has 0 spiro atoms. The molecule has 0 aromatic heterocycles. The summed E-state index contributed by atoms with van der Waals surface area (Å²) in [5.41, 5.74) is -0.614. The second-order valence-electron chi connectivity index (χ2n) is 4.58. The molecule has 1 atom stereocenters. The third-order valence-electron chi connectivity index (χ3n) is 2.31. The van der Waals surface area contributed by atoms with Gasteiger partial charge in [-0.2, -0.15) is 0 Å². The summed E-state index contributed by atoms with van der Waals surface area (Å²) in [5.74, 6) is 0. The normalized spacial score (nSPS) is 14.8. The van der Waals surface area contributed by atoms with Gasteiger partial charge in [0.2, 0.25) is 0 Å². The fourth-order valence-electron chi connectivity index (χ4n) is 1.36. The molecule has 0 radical (unpaired) electrons. The molecule has 0 aromatic carbocycles. The summed E-state index contributed by atoms with van der Waals surface area (Å²) >= 11 is 0. The third kappa shape index (κ3) is 7.30. The smallest absolute Gasteiger partial charge is 0.0715 e. The number of hydrogen-bond donors (Lipinski definition) is 2. The molecule has 0 aliphatic rings. The van der Waals surface area contributed by atoms with Gasteiger partial charge in [-0.05, 0) is 33.9 Å². The largest absolute Gasteiger partial charge is 0.389 e. The van der Waals surface area contributed by atoms with Gasteiger partial charge in [-0.25, -0.2) is 0 Å². The van der Waals surface area contributed by atoms with Crippen LogP contribution in [0.4, 0.5) is 0 Å². The Labute approximate surface area is 88.5 Å². The Hall–Kier alpha value is -0.120. The number of nitrogens with zero attached hydrogens (tertiary/aromatic N) is 1. The van der Waals surface area contributed by atoms with Gasteiger partial charge >= 0.3 is 0 Å². The van der Waals surface area contributed by atoms with Crippen molar-refractivity contribution in [2.45, 2.75) is 46.3 Å². The highest BCUT2D eigenvalue weighted by atomic mass is 16.3.